The molecule has 0 bridgehead atoms. The molecule has 0 unspecified atom stereocenters. The van der Waals surface area contributed by atoms with Gasteiger partial charge in [-0.15, -0.1) is 10.2 Å². The molecule has 3 rings (SSSR count). The average Bonchev–Trinajstić information content (AvgIpc) is 2.99. The van der Waals surface area contributed by atoms with Gasteiger partial charge in [0.25, 0.3) is 5.91 Å². The van der Waals surface area contributed by atoms with E-state index in [-0.39, 0.29) is 17.1 Å². The zero-order chi connectivity index (χ0) is 19.6. The second-order valence-electron chi connectivity index (χ2n) is 5.55. The van der Waals surface area contributed by atoms with Crippen LogP contribution in [0.15, 0.2) is 40.6 Å². The summed E-state index contributed by atoms with van der Waals surface area (Å²) in [5, 5.41) is 18.2. The van der Waals surface area contributed by atoms with Crippen molar-refractivity contribution in [2.24, 2.45) is 10.2 Å². The third kappa shape index (κ3) is 3.34. The van der Waals surface area contributed by atoms with E-state index in [0.717, 1.165) is 0 Å². The Morgan fingerprint density at radius 2 is 1.74 bits per heavy atom. The number of carbonyl (C=O) groups is 1. The van der Waals surface area contributed by atoms with Gasteiger partial charge in [0.15, 0.2) is 17.2 Å². The van der Waals surface area contributed by atoms with Crippen molar-refractivity contribution in [3.63, 3.8) is 0 Å². The number of aromatic nitrogens is 1. The lowest BCUT2D eigenvalue weighted by Crippen LogP contribution is -2.00. The molecule has 0 fully saturated rings. The number of nitrogens with one attached hydrogen (secondary N) is 1. The van der Waals surface area contributed by atoms with Crippen LogP contribution in [0.5, 0.6) is 23.1 Å². The van der Waals surface area contributed by atoms with Gasteiger partial charge in [0.1, 0.15) is 0 Å². The van der Waals surface area contributed by atoms with E-state index in [1.165, 1.54) is 33.5 Å². The molecule has 1 aromatic heterocycles. The number of carbonyl (C=O) groups excluding carboxylic acids is 1. The first-order valence-corrected chi connectivity index (χ1v) is 7.84. The molecular formula is C18H18N4O5. The first-order valence-electron chi connectivity index (χ1n) is 7.84. The Morgan fingerprint density at radius 1 is 1.07 bits per heavy atom. The Kier molecular flexibility index (Phi) is 4.84. The highest BCUT2D eigenvalue weighted by Crippen LogP contribution is 2.39. The fraction of sp³-hybridized carbons (Fsp3) is 0.167. The topological polar surface area (TPSA) is 132 Å². The minimum atomic E-state index is -0.646. The van der Waals surface area contributed by atoms with Crippen LogP contribution in [0.1, 0.15) is 10.4 Å². The molecule has 0 saturated heterocycles. The number of rotatable bonds is 5. The number of nitrogen functional groups attached to an aromatic ring is 1. The van der Waals surface area contributed by atoms with E-state index < -0.39 is 5.91 Å². The number of anilines is 1. The third-order valence-corrected chi connectivity index (χ3v) is 3.93. The fourth-order valence-corrected chi connectivity index (χ4v) is 2.64. The number of nitrogens with zero attached hydrogens (tertiary/aromatic N) is 2. The third-order valence-electron chi connectivity index (χ3n) is 3.93. The van der Waals surface area contributed by atoms with Crippen LogP contribution in [0.2, 0.25) is 0 Å². The molecule has 9 nitrogen and oxygen atoms in total. The lowest BCUT2D eigenvalue weighted by molar-refractivity contribution is 0.0994. The number of fused-ring (bicyclic) bond motifs is 1. The van der Waals surface area contributed by atoms with Crippen LogP contribution < -0.4 is 19.9 Å². The van der Waals surface area contributed by atoms with E-state index in [0.29, 0.717) is 33.8 Å². The first kappa shape index (κ1) is 18.1. The molecule has 0 aliphatic carbocycles. The van der Waals surface area contributed by atoms with Crippen LogP contribution in [0.3, 0.4) is 0 Å². The highest BCUT2D eigenvalue weighted by atomic mass is 16.5. The van der Waals surface area contributed by atoms with Gasteiger partial charge in [0, 0.05) is 11.1 Å². The summed E-state index contributed by atoms with van der Waals surface area (Å²) in [5.74, 6) is 0.137. The summed E-state index contributed by atoms with van der Waals surface area (Å²) in [6.45, 7) is 0. The maximum Gasteiger partial charge on any atom is 0.295 e. The maximum atomic E-state index is 12.5. The van der Waals surface area contributed by atoms with Gasteiger partial charge in [-0.3, -0.25) is 4.79 Å². The number of aromatic hydroxyl groups is 1. The second kappa shape index (κ2) is 7.24. The van der Waals surface area contributed by atoms with Gasteiger partial charge in [0.2, 0.25) is 11.6 Å². The van der Waals surface area contributed by atoms with Crippen molar-refractivity contribution in [1.82, 2.24) is 4.98 Å². The molecule has 0 spiro atoms. The zero-order valence-electron chi connectivity index (χ0n) is 14.9. The van der Waals surface area contributed by atoms with Crippen molar-refractivity contribution in [2.75, 3.05) is 27.1 Å². The number of amides is 1. The summed E-state index contributed by atoms with van der Waals surface area (Å²) in [4.78, 5) is 15.2. The van der Waals surface area contributed by atoms with Crippen molar-refractivity contribution in [3.8, 4) is 23.1 Å². The number of methoxy groups -OCH3 is 3. The molecule has 3 aromatic rings. The molecule has 0 aliphatic heterocycles. The van der Waals surface area contributed by atoms with Gasteiger partial charge in [-0.25, -0.2) is 0 Å². The van der Waals surface area contributed by atoms with E-state index in [1.54, 1.807) is 18.2 Å². The second-order valence-corrected chi connectivity index (χ2v) is 5.55. The summed E-state index contributed by atoms with van der Waals surface area (Å²) in [6, 6.07) is 7.94. The Balaban J connectivity index is 1.98. The van der Waals surface area contributed by atoms with Gasteiger partial charge in [0.05, 0.1) is 32.4 Å². The monoisotopic (exact) mass is 370 g/mol. The Bertz CT molecular complexity index is 1020. The first-order chi connectivity index (χ1) is 13.0. The highest BCUT2D eigenvalue weighted by Gasteiger charge is 2.17. The molecule has 0 saturated carbocycles. The molecule has 4 N–H and O–H groups in total. The van der Waals surface area contributed by atoms with Crippen LogP contribution in [-0.4, -0.2) is 37.3 Å². The molecule has 140 valence electrons. The molecule has 0 atom stereocenters. The SMILES string of the molecule is COc1cc(C(=O)N=Nc2c(O)[nH]c3ccc(N)cc23)cc(OC)c1OC. The lowest BCUT2D eigenvalue weighted by atomic mass is 10.1. The predicted molar refractivity (Wildman–Crippen MR) is 99.3 cm³/mol. The Labute approximate surface area is 154 Å². The molecule has 1 amide bonds. The summed E-state index contributed by atoms with van der Waals surface area (Å²) < 4.78 is 15.7. The molecule has 1 heterocycles. The number of H-pyrrole nitrogens is 1. The molecular weight excluding hydrogens is 352 g/mol. The van der Waals surface area contributed by atoms with Gasteiger partial charge < -0.3 is 30.0 Å². The lowest BCUT2D eigenvalue weighted by Gasteiger charge is -2.12. The largest absolute Gasteiger partial charge is 0.493 e. The van der Waals surface area contributed by atoms with Crippen molar-refractivity contribution in [3.05, 3.63) is 35.9 Å². The van der Waals surface area contributed by atoms with Crippen LogP contribution >= 0.6 is 0 Å². The average molecular weight is 370 g/mol. The molecule has 27 heavy (non-hydrogen) atoms. The minimum Gasteiger partial charge on any atom is -0.493 e. The van der Waals surface area contributed by atoms with Crippen molar-refractivity contribution < 1.29 is 24.1 Å². The number of benzene rings is 2. The van der Waals surface area contributed by atoms with Crippen molar-refractivity contribution in [2.45, 2.75) is 0 Å². The molecule has 9 heteroatoms. The van der Waals surface area contributed by atoms with Crippen LogP contribution in [0, 0.1) is 0 Å². The minimum absolute atomic E-state index is 0.123. The van der Waals surface area contributed by atoms with E-state index in [9.17, 15) is 9.90 Å². The number of ether oxygens (including phenoxy) is 3. The van der Waals surface area contributed by atoms with Gasteiger partial charge in [-0.1, -0.05) is 0 Å². The van der Waals surface area contributed by atoms with Crippen LogP contribution in [0.25, 0.3) is 10.9 Å². The molecule has 0 aliphatic rings. The summed E-state index contributed by atoms with van der Waals surface area (Å²) >= 11 is 0. The number of nitrogens with two attached hydrogens (primary N) is 1. The van der Waals surface area contributed by atoms with E-state index in [2.05, 4.69) is 15.2 Å². The molecule has 0 radical (unpaired) electrons. The zero-order valence-corrected chi connectivity index (χ0v) is 14.9. The Hall–Kier alpha value is -3.75. The van der Waals surface area contributed by atoms with Gasteiger partial charge in [-0.2, -0.15) is 0 Å². The van der Waals surface area contributed by atoms with Gasteiger partial charge in [-0.05, 0) is 30.3 Å². The summed E-state index contributed by atoms with van der Waals surface area (Å²) in [7, 11) is 4.36. The normalized spacial score (nSPS) is 11.1. The quantitative estimate of drug-likeness (QED) is 0.466. The predicted octanol–water partition coefficient (Wildman–Crippen LogP) is 3.41. The number of hydrogen-bond acceptors (Lipinski definition) is 7. The standard InChI is InChI=1S/C18H18N4O5/c1-25-13-6-9(7-14(26-2)16(13)27-3)17(23)22-21-15-11-8-10(19)4-5-12(11)20-18(15)24/h4-8,20,24H,19H2,1-3H3. The summed E-state index contributed by atoms with van der Waals surface area (Å²) in [5.41, 5.74) is 7.19. The van der Waals surface area contributed by atoms with Crippen LogP contribution in [-0.2, 0) is 0 Å². The molecule has 2 aromatic carbocycles. The van der Waals surface area contributed by atoms with Crippen LogP contribution in [0.4, 0.5) is 11.4 Å². The Morgan fingerprint density at radius 3 is 2.33 bits per heavy atom. The maximum absolute atomic E-state index is 12.5. The fourth-order valence-electron chi connectivity index (χ4n) is 2.64. The summed E-state index contributed by atoms with van der Waals surface area (Å²) in [6.07, 6.45) is 0. The van der Waals surface area contributed by atoms with Gasteiger partial charge >= 0.3 is 0 Å². The van der Waals surface area contributed by atoms with Crippen molar-refractivity contribution in [1.29, 1.82) is 0 Å². The highest BCUT2D eigenvalue weighted by molar-refractivity contribution is 5.98. The number of hydrogen-bond donors (Lipinski definition) is 3. The number of azo groups is 1. The smallest absolute Gasteiger partial charge is 0.295 e. The van der Waals surface area contributed by atoms with Crippen molar-refractivity contribution >= 4 is 28.2 Å². The number of aromatic amines is 1. The van der Waals surface area contributed by atoms with E-state index >= 15 is 0 Å². The van der Waals surface area contributed by atoms with E-state index in [4.69, 9.17) is 19.9 Å². The van der Waals surface area contributed by atoms with E-state index in [1.807, 2.05) is 0 Å².